The summed E-state index contributed by atoms with van der Waals surface area (Å²) in [6.07, 6.45) is 5.04. The minimum Gasteiger partial charge on any atom is -0.356 e. The van der Waals surface area contributed by atoms with E-state index in [1.807, 2.05) is 0 Å². The first-order valence-electron chi connectivity index (χ1n) is 10.3. The van der Waals surface area contributed by atoms with Crippen LogP contribution in [0.2, 0.25) is 0 Å². The normalized spacial score (nSPS) is 17.2. The zero-order chi connectivity index (χ0) is 21.1. The first kappa shape index (κ1) is 20.3. The number of rotatable bonds is 3. The third-order valence-corrected chi connectivity index (χ3v) is 5.70. The maximum atomic E-state index is 13.9. The van der Waals surface area contributed by atoms with Crippen molar-refractivity contribution in [2.24, 2.45) is 0 Å². The molecule has 0 N–H and O–H groups in total. The number of hydrogen-bond donors (Lipinski definition) is 0. The molecule has 1 aromatic carbocycles. The molecule has 2 aliphatic heterocycles. The van der Waals surface area contributed by atoms with Gasteiger partial charge in [0.05, 0.1) is 5.56 Å². The standard InChI is InChI=1S/C22H24F2N4O2/c23-17-7-4-8-18(24)19(17)22(30)28-14-12-27(13-15-28)21(29)16-6-5-9-25-20(16)26-10-2-1-3-11-26/h4-9H,1-3,10-15H2. The maximum Gasteiger partial charge on any atom is 0.259 e. The molecule has 0 radical (unpaired) electrons. The number of anilines is 1. The molecule has 0 unspecified atom stereocenters. The molecule has 158 valence electrons. The first-order valence-corrected chi connectivity index (χ1v) is 10.3. The predicted molar refractivity (Wildman–Crippen MR) is 108 cm³/mol. The van der Waals surface area contributed by atoms with Crippen LogP contribution in [0, 0.1) is 11.6 Å². The van der Waals surface area contributed by atoms with Crippen LogP contribution in [-0.4, -0.2) is 65.9 Å². The molecule has 2 fully saturated rings. The highest BCUT2D eigenvalue weighted by molar-refractivity contribution is 5.99. The summed E-state index contributed by atoms with van der Waals surface area (Å²) >= 11 is 0. The number of halogens is 2. The first-order chi connectivity index (χ1) is 14.6. The van der Waals surface area contributed by atoms with E-state index < -0.39 is 23.1 Å². The van der Waals surface area contributed by atoms with Gasteiger partial charge in [-0.3, -0.25) is 9.59 Å². The van der Waals surface area contributed by atoms with Gasteiger partial charge in [0.2, 0.25) is 0 Å². The number of carbonyl (C=O) groups is 2. The van der Waals surface area contributed by atoms with Crippen molar-refractivity contribution in [1.29, 1.82) is 0 Å². The highest BCUT2D eigenvalue weighted by atomic mass is 19.1. The van der Waals surface area contributed by atoms with Crippen LogP contribution < -0.4 is 4.90 Å². The summed E-state index contributed by atoms with van der Waals surface area (Å²) in [5.74, 6) is -1.87. The summed E-state index contributed by atoms with van der Waals surface area (Å²) in [6.45, 7) is 2.81. The average molecular weight is 414 g/mol. The van der Waals surface area contributed by atoms with E-state index in [2.05, 4.69) is 9.88 Å². The van der Waals surface area contributed by atoms with Crippen LogP contribution in [0.15, 0.2) is 36.5 Å². The highest BCUT2D eigenvalue weighted by Crippen LogP contribution is 2.24. The lowest BCUT2D eigenvalue weighted by molar-refractivity contribution is 0.0530. The third kappa shape index (κ3) is 3.99. The minimum atomic E-state index is -0.875. The van der Waals surface area contributed by atoms with Gasteiger partial charge in [-0.25, -0.2) is 13.8 Å². The van der Waals surface area contributed by atoms with Crippen LogP contribution in [0.1, 0.15) is 40.0 Å². The lowest BCUT2D eigenvalue weighted by atomic mass is 10.1. The second-order valence-electron chi connectivity index (χ2n) is 7.60. The van der Waals surface area contributed by atoms with Crippen LogP contribution in [-0.2, 0) is 0 Å². The molecule has 0 atom stereocenters. The fraction of sp³-hybridized carbons (Fsp3) is 0.409. The smallest absolute Gasteiger partial charge is 0.259 e. The van der Waals surface area contributed by atoms with Gasteiger partial charge in [0, 0.05) is 45.5 Å². The van der Waals surface area contributed by atoms with Gasteiger partial charge in [0.15, 0.2) is 0 Å². The molecule has 2 aromatic rings. The molecule has 8 heteroatoms. The van der Waals surface area contributed by atoms with Crippen LogP contribution in [0.5, 0.6) is 0 Å². The summed E-state index contributed by atoms with van der Waals surface area (Å²) in [6, 6.07) is 6.90. The molecule has 2 amide bonds. The molecule has 0 saturated carbocycles. The Kier molecular flexibility index (Phi) is 5.92. The molecule has 2 saturated heterocycles. The monoisotopic (exact) mass is 414 g/mol. The fourth-order valence-electron chi connectivity index (χ4n) is 4.06. The van der Waals surface area contributed by atoms with Gasteiger partial charge in [-0.05, 0) is 43.5 Å². The summed E-state index contributed by atoms with van der Waals surface area (Å²) < 4.78 is 27.9. The zero-order valence-corrected chi connectivity index (χ0v) is 16.7. The number of aromatic nitrogens is 1. The number of carbonyl (C=O) groups excluding carboxylic acids is 2. The van der Waals surface area contributed by atoms with E-state index in [1.54, 1.807) is 23.2 Å². The van der Waals surface area contributed by atoms with E-state index in [0.717, 1.165) is 38.1 Å². The Balaban J connectivity index is 1.45. The SMILES string of the molecule is O=C(c1cccnc1N1CCCCC1)N1CCN(C(=O)c2c(F)cccc2F)CC1. The van der Waals surface area contributed by atoms with Crippen molar-refractivity contribution in [1.82, 2.24) is 14.8 Å². The van der Waals surface area contributed by atoms with Crippen molar-refractivity contribution < 1.29 is 18.4 Å². The minimum absolute atomic E-state index is 0.132. The fourth-order valence-corrected chi connectivity index (χ4v) is 4.06. The maximum absolute atomic E-state index is 13.9. The average Bonchev–Trinajstić information content (AvgIpc) is 2.79. The number of amides is 2. The molecule has 4 rings (SSSR count). The van der Waals surface area contributed by atoms with Crippen LogP contribution >= 0.6 is 0 Å². The molecule has 30 heavy (non-hydrogen) atoms. The van der Waals surface area contributed by atoms with Crippen LogP contribution in [0.3, 0.4) is 0 Å². The van der Waals surface area contributed by atoms with E-state index in [9.17, 15) is 18.4 Å². The lowest BCUT2D eigenvalue weighted by Gasteiger charge is -2.36. The molecule has 0 aliphatic carbocycles. The molecule has 6 nitrogen and oxygen atoms in total. The summed E-state index contributed by atoms with van der Waals surface area (Å²) in [7, 11) is 0. The largest absolute Gasteiger partial charge is 0.356 e. The van der Waals surface area contributed by atoms with E-state index in [-0.39, 0.29) is 19.0 Å². The number of nitrogens with zero attached hydrogens (tertiary/aromatic N) is 4. The van der Waals surface area contributed by atoms with Gasteiger partial charge in [0.1, 0.15) is 23.0 Å². The topological polar surface area (TPSA) is 56.8 Å². The quantitative estimate of drug-likeness (QED) is 0.775. The number of piperazine rings is 1. The number of piperidine rings is 1. The number of hydrogen-bond acceptors (Lipinski definition) is 4. The van der Waals surface area contributed by atoms with E-state index in [0.29, 0.717) is 24.5 Å². The Hall–Kier alpha value is -3.03. The van der Waals surface area contributed by atoms with Crippen molar-refractivity contribution in [2.45, 2.75) is 19.3 Å². The molecular weight excluding hydrogens is 390 g/mol. The van der Waals surface area contributed by atoms with E-state index >= 15 is 0 Å². The Morgan fingerprint density at radius 3 is 2.00 bits per heavy atom. The number of pyridine rings is 1. The van der Waals surface area contributed by atoms with Gasteiger partial charge in [-0.15, -0.1) is 0 Å². The second-order valence-corrected chi connectivity index (χ2v) is 7.60. The van der Waals surface area contributed by atoms with Crippen molar-refractivity contribution in [3.8, 4) is 0 Å². The third-order valence-electron chi connectivity index (χ3n) is 5.70. The summed E-state index contributed by atoms with van der Waals surface area (Å²) in [4.78, 5) is 35.4. The Labute approximate surface area is 174 Å². The van der Waals surface area contributed by atoms with E-state index in [1.165, 1.54) is 17.4 Å². The molecule has 2 aliphatic rings. The summed E-state index contributed by atoms with van der Waals surface area (Å²) in [5.41, 5.74) is 0.0104. The molecule has 0 bridgehead atoms. The Morgan fingerprint density at radius 2 is 1.37 bits per heavy atom. The predicted octanol–water partition coefficient (Wildman–Crippen LogP) is 2.95. The van der Waals surface area contributed by atoms with Gasteiger partial charge in [0.25, 0.3) is 11.8 Å². The van der Waals surface area contributed by atoms with Gasteiger partial charge in [-0.1, -0.05) is 6.07 Å². The molecular formula is C22H24F2N4O2. The van der Waals surface area contributed by atoms with Gasteiger partial charge in [-0.2, -0.15) is 0 Å². The molecule has 0 spiro atoms. The molecule has 1 aromatic heterocycles. The van der Waals surface area contributed by atoms with Crippen LogP contribution in [0.4, 0.5) is 14.6 Å². The highest BCUT2D eigenvalue weighted by Gasteiger charge is 2.30. The van der Waals surface area contributed by atoms with E-state index in [4.69, 9.17) is 0 Å². The zero-order valence-electron chi connectivity index (χ0n) is 16.7. The summed E-state index contributed by atoms with van der Waals surface area (Å²) in [5, 5.41) is 0. The van der Waals surface area contributed by atoms with Gasteiger partial charge >= 0.3 is 0 Å². The van der Waals surface area contributed by atoms with Crippen molar-refractivity contribution in [3.05, 3.63) is 59.3 Å². The van der Waals surface area contributed by atoms with Crippen molar-refractivity contribution in [2.75, 3.05) is 44.2 Å². The Morgan fingerprint density at radius 1 is 0.767 bits per heavy atom. The van der Waals surface area contributed by atoms with Crippen LogP contribution in [0.25, 0.3) is 0 Å². The molecule has 3 heterocycles. The van der Waals surface area contributed by atoms with Gasteiger partial charge < -0.3 is 14.7 Å². The van der Waals surface area contributed by atoms with Crippen molar-refractivity contribution >= 4 is 17.6 Å². The second kappa shape index (κ2) is 8.77. The lowest BCUT2D eigenvalue weighted by Crippen LogP contribution is -2.51. The van der Waals surface area contributed by atoms with Crippen molar-refractivity contribution in [3.63, 3.8) is 0 Å². The Bertz CT molecular complexity index is 918. The number of benzene rings is 1.